The van der Waals surface area contributed by atoms with Gasteiger partial charge in [0.25, 0.3) is 11.7 Å². The molecule has 0 aromatic heterocycles. The highest BCUT2D eigenvalue weighted by atomic mass is 16.7. The number of nitrogens with one attached hydrogen (secondary N) is 1. The van der Waals surface area contributed by atoms with Gasteiger partial charge in [-0.25, -0.2) is 4.99 Å². The fraction of sp³-hybridized carbons (Fsp3) is 0.527. The number of likely N-dealkylation sites (tertiary alicyclic amines) is 1. The number of aromatic hydroxyl groups is 2. The van der Waals surface area contributed by atoms with E-state index in [4.69, 9.17) is 19.2 Å². The Labute approximate surface area is 420 Å². The minimum Gasteiger partial charge on any atom is -0.507 e. The highest BCUT2D eigenvalue weighted by Crippen LogP contribution is 2.51. The normalized spacial score (nSPS) is 27.0. The van der Waals surface area contributed by atoms with Gasteiger partial charge < -0.3 is 49.8 Å². The van der Waals surface area contributed by atoms with Crippen molar-refractivity contribution in [2.24, 2.45) is 21.8 Å². The topological polar surface area (TPSA) is 223 Å². The first kappa shape index (κ1) is 52.2. The number of phenolic OH excluding ortho intramolecular Hbond substituents is 2. The number of ketones is 1. The van der Waals surface area contributed by atoms with Crippen molar-refractivity contribution in [1.29, 1.82) is 0 Å². The second-order valence-corrected chi connectivity index (χ2v) is 20.7. The second-order valence-electron chi connectivity index (χ2n) is 20.7. The number of allylic oxidation sites excluding steroid dienone is 3. The number of benzene rings is 3. The number of esters is 1. The quantitative estimate of drug-likeness (QED) is 0.112. The van der Waals surface area contributed by atoms with Crippen molar-refractivity contribution in [2.45, 2.75) is 129 Å². The number of Topliss-reactive ketones (excluding diaryl/α,β-unsaturated/α-hetero) is 1. The summed E-state index contributed by atoms with van der Waals surface area (Å²) < 4.78 is 18.3. The SMILES string of the molecule is C/C1=C/C=C/C(C)[C@H](O)CC(O)C[C@H](OC(=O)CC(=O)N2CCCN(Cc3ccccc3)CC2)CC/C=C/O[C@@]2(C)Oc3c(C)c(O)c4c(O)c(c5c(c4c3C2=O)NC2(CCN(CC(C)C)CC2)N=5)=NC1=O. The van der Waals surface area contributed by atoms with E-state index < -0.39 is 65.5 Å². The predicted molar refractivity (Wildman–Crippen MR) is 270 cm³/mol. The number of fused-ring (bicyclic) bond motifs is 13. The van der Waals surface area contributed by atoms with Crippen LogP contribution < -0.4 is 20.8 Å². The van der Waals surface area contributed by atoms with E-state index >= 15 is 0 Å². The van der Waals surface area contributed by atoms with E-state index in [2.05, 4.69) is 46.1 Å². The lowest BCUT2D eigenvalue weighted by Crippen LogP contribution is -2.47. The van der Waals surface area contributed by atoms with Gasteiger partial charge in [0.1, 0.15) is 40.4 Å². The lowest BCUT2D eigenvalue weighted by atomic mass is 9.92. The molecule has 1 spiro atoms. The lowest BCUT2D eigenvalue weighted by molar-refractivity contribution is -0.154. The number of carbonyl (C=O) groups is 4. The molecule has 0 saturated carbocycles. The van der Waals surface area contributed by atoms with E-state index in [-0.39, 0.29) is 81.3 Å². The van der Waals surface area contributed by atoms with Gasteiger partial charge in [0.15, 0.2) is 5.75 Å². The molecular weight excluding hydrogens is 921 g/mol. The summed E-state index contributed by atoms with van der Waals surface area (Å²) >= 11 is 0. The van der Waals surface area contributed by atoms with Gasteiger partial charge in [-0.15, -0.1) is 0 Å². The average Bonchev–Trinajstić information content (AvgIpc) is 3.71. The third-order valence-corrected chi connectivity index (χ3v) is 14.6. The van der Waals surface area contributed by atoms with Crippen molar-refractivity contribution in [1.82, 2.24) is 14.7 Å². The van der Waals surface area contributed by atoms with Crippen LogP contribution in [0.25, 0.3) is 10.8 Å². The van der Waals surface area contributed by atoms with Gasteiger partial charge >= 0.3 is 11.8 Å². The van der Waals surface area contributed by atoms with Crippen molar-refractivity contribution in [3.8, 4) is 17.2 Å². The van der Waals surface area contributed by atoms with Gasteiger partial charge in [-0.3, -0.25) is 29.1 Å². The van der Waals surface area contributed by atoms with Crippen LogP contribution in [0.3, 0.4) is 0 Å². The summed E-state index contributed by atoms with van der Waals surface area (Å²) in [5.41, 5.74) is 1.08. The molecule has 0 radical (unpaired) electrons. The van der Waals surface area contributed by atoms with Gasteiger partial charge in [0, 0.05) is 101 Å². The van der Waals surface area contributed by atoms with E-state index in [1.165, 1.54) is 24.8 Å². The molecule has 17 nitrogen and oxygen atoms in total. The van der Waals surface area contributed by atoms with Crippen LogP contribution in [0.15, 0.2) is 76.5 Å². The zero-order valence-corrected chi connectivity index (χ0v) is 42.4. The Morgan fingerprint density at radius 2 is 1.69 bits per heavy atom. The molecular formula is C55H70N6O11. The second kappa shape index (κ2) is 21.9. The van der Waals surface area contributed by atoms with E-state index in [1.807, 2.05) is 18.2 Å². The van der Waals surface area contributed by atoms with Crippen LogP contribution in [0.4, 0.5) is 5.69 Å². The van der Waals surface area contributed by atoms with Crippen LogP contribution in [0.1, 0.15) is 107 Å². The number of phenols is 2. The molecule has 0 aliphatic carbocycles. The van der Waals surface area contributed by atoms with Gasteiger partial charge in [-0.1, -0.05) is 69.3 Å². The third kappa shape index (κ3) is 11.4. The molecule has 6 heterocycles. The number of nitrogens with zero attached hydrogens (tertiary/aromatic N) is 5. The fourth-order valence-electron chi connectivity index (χ4n) is 10.4. The summed E-state index contributed by atoms with van der Waals surface area (Å²) in [6.45, 7) is 16.3. The molecule has 2 saturated heterocycles. The molecule has 386 valence electrons. The molecule has 6 aliphatic rings. The number of ether oxygens (including phenoxy) is 3. The minimum absolute atomic E-state index is 0.0316. The molecule has 2 fully saturated rings. The molecule has 6 aliphatic heterocycles. The first-order valence-corrected chi connectivity index (χ1v) is 25.4. The number of aliphatic hydroxyl groups is 2. The Hall–Kier alpha value is -6.14. The van der Waals surface area contributed by atoms with Crippen LogP contribution in [-0.4, -0.2) is 134 Å². The first-order valence-electron chi connectivity index (χ1n) is 25.4. The highest BCUT2D eigenvalue weighted by molar-refractivity contribution is 6.21. The molecule has 9 rings (SSSR count). The van der Waals surface area contributed by atoms with E-state index in [9.17, 15) is 39.6 Å². The molecule has 5 bridgehead atoms. The number of hydrogen-bond acceptors (Lipinski definition) is 15. The summed E-state index contributed by atoms with van der Waals surface area (Å²) in [4.78, 5) is 71.5. The molecule has 3 aromatic carbocycles. The highest BCUT2D eigenvalue weighted by Gasteiger charge is 2.50. The summed E-state index contributed by atoms with van der Waals surface area (Å²) in [5, 5.41) is 50.1. The number of hydrogen-bond donors (Lipinski definition) is 5. The first-order chi connectivity index (χ1) is 34.3. The van der Waals surface area contributed by atoms with Crippen molar-refractivity contribution in [3.63, 3.8) is 0 Å². The maximum absolute atomic E-state index is 14.7. The maximum Gasteiger partial charge on any atom is 0.315 e. The number of piperidine rings is 1. The standard InChI is InChI=1S/C55H70N6O11/c1-33(2)31-60-23-19-55(20-24-60)57-46-43-44-49(66)36(5)51-45(43)52(68)54(6,72-51)70-27-11-10-18-39(71-42(65)30-41(64)61-22-13-21-59(25-26-61)32-37-16-8-7-9-17-37)28-38(62)29-40(63)34(3)14-12-15-35(4)53(69)56-48(50(44)67)47(46)58-55/h7-9,11-12,14-17,27,33-34,38-40,57,62-63,66-67H,10,13,18-26,28-32H2,1-6H3/b14-12+,27-11+,35-15-,56-48?/t34?,38?,39-,40-,54+/m1/s1. The Kier molecular flexibility index (Phi) is 15.9. The number of carbonyl (C=O) groups excluding carboxylic acids is 4. The summed E-state index contributed by atoms with van der Waals surface area (Å²) in [6, 6.07) is 10.1. The molecule has 5 N–H and O–H groups in total. The van der Waals surface area contributed by atoms with Crippen LogP contribution in [0, 0.1) is 18.8 Å². The number of rotatable bonds is 7. The van der Waals surface area contributed by atoms with E-state index in [0.717, 1.165) is 39.1 Å². The van der Waals surface area contributed by atoms with Gasteiger partial charge in [0.2, 0.25) is 5.91 Å². The van der Waals surface area contributed by atoms with Gasteiger partial charge in [-0.2, -0.15) is 0 Å². The summed E-state index contributed by atoms with van der Waals surface area (Å²) in [5.74, 6) is -5.13. The summed E-state index contributed by atoms with van der Waals surface area (Å²) in [6.07, 6.45) is 6.61. The fourth-order valence-corrected chi connectivity index (χ4v) is 10.4. The Balaban J connectivity index is 1.07. The van der Waals surface area contributed by atoms with Crippen molar-refractivity contribution in [3.05, 3.63) is 93.9 Å². The van der Waals surface area contributed by atoms with Gasteiger partial charge in [-0.05, 0) is 57.1 Å². The Morgan fingerprint density at radius 1 is 0.944 bits per heavy atom. The predicted octanol–water partition coefficient (Wildman–Crippen LogP) is 5.49. The molecule has 2 unspecified atom stereocenters. The van der Waals surface area contributed by atoms with Crippen LogP contribution in [-0.2, 0) is 30.4 Å². The molecule has 17 heteroatoms. The zero-order chi connectivity index (χ0) is 51.5. The van der Waals surface area contributed by atoms with Crippen LogP contribution >= 0.6 is 0 Å². The van der Waals surface area contributed by atoms with Crippen LogP contribution in [0.2, 0.25) is 0 Å². The number of aliphatic hydroxyl groups excluding tert-OH is 2. The van der Waals surface area contributed by atoms with Crippen molar-refractivity contribution in [2.75, 3.05) is 51.1 Å². The third-order valence-electron chi connectivity index (χ3n) is 14.6. The van der Waals surface area contributed by atoms with E-state index in [0.29, 0.717) is 44.1 Å². The summed E-state index contributed by atoms with van der Waals surface area (Å²) in [7, 11) is 0. The van der Waals surface area contributed by atoms with Gasteiger partial charge in [0.05, 0.1) is 35.1 Å². The number of anilines is 1. The Bertz CT molecular complexity index is 2780. The molecule has 2 amide bonds. The Morgan fingerprint density at radius 3 is 2.43 bits per heavy atom. The van der Waals surface area contributed by atoms with Crippen LogP contribution in [0.5, 0.6) is 17.2 Å². The molecule has 3 aromatic rings. The largest absolute Gasteiger partial charge is 0.507 e. The number of amides is 2. The monoisotopic (exact) mass is 991 g/mol. The average molecular weight is 991 g/mol. The molecule has 72 heavy (non-hydrogen) atoms. The smallest absolute Gasteiger partial charge is 0.315 e. The maximum atomic E-state index is 14.7. The van der Waals surface area contributed by atoms with E-state index in [1.54, 1.807) is 43.9 Å². The zero-order valence-electron chi connectivity index (χ0n) is 42.4. The van der Waals surface area contributed by atoms with Crippen molar-refractivity contribution >= 4 is 40.0 Å². The lowest BCUT2D eigenvalue weighted by Gasteiger charge is -2.38. The minimum atomic E-state index is -1.92. The van der Waals surface area contributed by atoms with Crippen molar-refractivity contribution < 1.29 is 53.8 Å². The molecule has 5 atom stereocenters.